The van der Waals surface area contributed by atoms with E-state index in [0.717, 1.165) is 0 Å². The maximum absolute atomic E-state index is 12.9. The van der Waals surface area contributed by atoms with Crippen LogP contribution in [0.25, 0.3) is 0 Å². The monoisotopic (exact) mass is 434 g/mol. The number of esters is 1. The molecule has 0 bridgehead atoms. The minimum atomic E-state index is -3.76. The summed E-state index contributed by atoms with van der Waals surface area (Å²) >= 11 is 0. The molecule has 0 unspecified atom stereocenters. The number of nitrogens with zero attached hydrogens (tertiary/aromatic N) is 4. The molecule has 1 fully saturated rings. The van der Waals surface area contributed by atoms with E-state index < -0.39 is 20.9 Å². The summed E-state index contributed by atoms with van der Waals surface area (Å²) in [6, 6.07) is 8.24. The van der Waals surface area contributed by atoms with Gasteiger partial charge in [-0.1, -0.05) is 0 Å². The summed E-state index contributed by atoms with van der Waals surface area (Å²) in [4.78, 5) is 28.3. The molecule has 1 aromatic carbocycles. The molecule has 0 spiro atoms. The molecule has 0 radical (unpaired) electrons. The minimum Gasteiger partial charge on any atom is -0.462 e. The van der Waals surface area contributed by atoms with E-state index in [4.69, 9.17) is 4.74 Å². The van der Waals surface area contributed by atoms with Crippen molar-refractivity contribution < 1.29 is 22.9 Å². The number of rotatable bonds is 6. The second kappa shape index (κ2) is 9.18. The van der Waals surface area contributed by atoms with Crippen LogP contribution in [0.1, 0.15) is 23.7 Å². The van der Waals surface area contributed by atoms with Crippen LogP contribution in [-0.2, 0) is 14.8 Å². The molecule has 1 saturated heterocycles. The molecule has 1 aliphatic heterocycles. The molecule has 3 rings (SSSR count). The Balaban J connectivity index is 1.69. The van der Waals surface area contributed by atoms with E-state index in [9.17, 15) is 23.3 Å². The summed E-state index contributed by atoms with van der Waals surface area (Å²) in [6.07, 6.45) is 2.04. The van der Waals surface area contributed by atoms with Crippen molar-refractivity contribution in [3.63, 3.8) is 0 Å². The van der Waals surface area contributed by atoms with Gasteiger partial charge in [0.2, 0.25) is 10.0 Å². The molecule has 0 aliphatic carbocycles. The van der Waals surface area contributed by atoms with Gasteiger partial charge in [-0.05, 0) is 37.6 Å². The molecule has 10 nitrogen and oxygen atoms in total. The van der Waals surface area contributed by atoms with E-state index in [-0.39, 0.29) is 23.7 Å². The molecular formula is C19H22N4O6S. The number of nitro groups is 1. The number of anilines is 1. The van der Waals surface area contributed by atoms with Gasteiger partial charge >= 0.3 is 5.97 Å². The molecule has 2 heterocycles. The third kappa shape index (κ3) is 4.74. The molecule has 0 N–H and O–H groups in total. The molecular weight excluding hydrogens is 412 g/mol. The Kier molecular flexibility index (Phi) is 6.63. The number of carbonyl (C=O) groups excluding carboxylic acids is 1. The van der Waals surface area contributed by atoms with Crippen molar-refractivity contribution in [3.05, 3.63) is 58.3 Å². The van der Waals surface area contributed by atoms with Crippen LogP contribution in [0.4, 0.5) is 11.5 Å². The first kappa shape index (κ1) is 21.7. The Morgan fingerprint density at radius 1 is 1.13 bits per heavy atom. The smallest absolute Gasteiger partial charge is 0.339 e. The number of pyridine rings is 1. The molecule has 1 aromatic heterocycles. The molecule has 11 heteroatoms. The number of non-ortho nitro benzene ring substituents is 1. The topological polar surface area (TPSA) is 123 Å². The Morgan fingerprint density at radius 3 is 2.47 bits per heavy atom. The third-order valence-corrected chi connectivity index (χ3v) is 6.64. The second-order valence-corrected chi connectivity index (χ2v) is 8.56. The number of hydrogen-bond acceptors (Lipinski definition) is 8. The van der Waals surface area contributed by atoms with Crippen LogP contribution < -0.4 is 4.90 Å². The number of benzene rings is 1. The summed E-state index contributed by atoms with van der Waals surface area (Å²) < 4.78 is 32.2. The number of ether oxygens (including phenoxy) is 1. The van der Waals surface area contributed by atoms with Gasteiger partial charge < -0.3 is 9.64 Å². The summed E-state index contributed by atoms with van der Waals surface area (Å²) in [7, 11) is -3.76. The highest BCUT2D eigenvalue weighted by molar-refractivity contribution is 7.89. The van der Waals surface area contributed by atoms with Crippen molar-refractivity contribution >= 4 is 27.5 Å². The van der Waals surface area contributed by atoms with Crippen molar-refractivity contribution in [2.45, 2.75) is 18.2 Å². The predicted octanol–water partition coefficient (Wildman–Crippen LogP) is 2.07. The van der Waals surface area contributed by atoms with Crippen LogP contribution in [0, 0.1) is 10.1 Å². The SMILES string of the molecule is CCOC(=O)c1ccc(N2CCCN(S(=O)(=O)c3ccc([N+](=O)[O-])cc3)CC2)nc1. The fourth-order valence-electron chi connectivity index (χ4n) is 3.16. The summed E-state index contributed by atoms with van der Waals surface area (Å²) in [5.41, 5.74) is 0.200. The average Bonchev–Trinajstić information content (AvgIpc) is 3.01. The largest absolute Gasteiger partial charge is 0.462 e. The van der Waals surface area contributed by atoms with Crippen LogP contribution in [0.2, 0.25) is 0 Å². The summed E-state index contributed by atoms with van der Waals surface area (Å²) in [5.74, 6) is 0.213. The van der Waals surface area contributed by atoms with E-state index in [1.807, 2.05) is 4.90 Å². The van der Waals surface area contributed by atoms with Gasteiger partial charge in [0.15, 0.2) is 0 Å². The van der Waals surface area contributed by atoms with Crippen molar-refractivity contribution in [1.29, 1.82) is 0 Å². The van der Waals surface area contributed by atoms with Gasteiger partial charge in [-0.3, -0.25) is 10.1 Å². The average molecular weight is 434 g/mol. The zero-order valence-corrected chi connectivity index (χ0v) is 17.2. The normalized spacial score (nSPS) is 15.4. The van der Waals surface area contributed by atoms with Crippen molar-refractivity contribution in [2.75, 3.05) is 37.7 Å². The van der Waals surface area contributed by atoms with Crippen LogP contribution in [-0.4, -0.2) is 61.4 Å². The van der Waals surface area contributed by atoms with E-state index in [0.29, 0.717) is 37.4 Å². The number of nitro benzene ring substituents is 1. The maximum atomic E-state index is 12.9. The zero-order chi connectivity index (χ0) is 21.7. The number of sulfonamides is 1. The molecule has 0 saturated carbocycles. The molecule has 1 aliphatic rings. The van der Waals surface area contributed by atoms with E-state index in [1.165, 1.54) is 34.8 Å². The first-order valence-electron chi connectivity index (χ1n) is 9.45. The number of aromatic nitrogens is 1. The standard InChI is InChI=1S/C19H22N4O6S/c1-2-29-19(24)15-4-9-18(20-14-15)21-10-3-11-22(13-12-21)30(27,28)17-7-5-16(6-8-17)23(25)26/h4-9,14H,2-3,10-13H2,1H3. The Labute approximate surface area is 174 Å². The third-order valence-electron chi connectivity index (χ3n) is 4.72. The van der Waals surface area contributed by atoms with Crippen molar-refractivity contribution in [3.8, 4) is 0 Å². The highest BCUT2D eigenvalue weighted by atomic mass is 32.2. The lowest BCUT2D eigenvalue weighted by atomic mass is 10.2. The molecule has 0 atom stereocenters. The number of carbonyl (C=O) groups is 1. The highest BCUT2D eigenvalue weighted by Crippen LogP contribution is 2.22. The number of hydrogen-bond donors (Lipinski definition) is 0. The Bertz CT molecular complexity index is 1010. The first-order chi connectivity index (χ1) is 14.3. The highest BCUT2D eigenvalue weighted by Gasteiger charge is 2.27. The van der Waals surface area contributed by atoms with Crippen molar-refractivity contribution in [2.24, 2.45) is 0 Å². The summed E-state index contributed by atoms with van der Waals surface area (Å²) in [6.45, 7) is 3.63. The van der Waals surface area contributed by atoms with E-state index in [2.05, 4.69) is 4.98 Å². The molecule has 160 valence electrons. The first-order valence-corrected chi connectivity index (χ1v) is 10.9. The van der Waals surface area contributed by atoms with E-state index in [1.54, 1.807) is 19.1 Å². The fraction of sp³-hybridized carbons (Fsp3) is 0.368. The minimum absolute atomic E-state index is 0.0264. The maximum Gasteiger partial charge on any atom is 0.339 e. The lowest BCUT2D eigenvalue weighted by Crippen LogP contribution is -2.35. The lowest BCUT2D eigenvalue weighted by molar-refractivity contribution is -0.384. The van der Waals surface area contributed by atoms with Gasteiger partial charge in [0, 0.05) is 44.5 Å². The van der Waals surface area contributed by atoms with Gasteiger partial charge in [0.05, 0.1) is 22.0 Å². The van der Waals surface area contributed by atoms with Crippen LogP contribution in [0.15, 0.2) is 47.5 Å². The van der Waals surface area contributed by atoms with Crippen LogP contribution in [0.3, 0.4) is 0 Å². The lowest BCUT2D eigenvalue weighted by Gasteiger charge is -2.22. The molecule has 2 aromatic rings. The predicted molar refractivity (Wildman–Crippen MR) is 109 cm³/mol. The molecule has 0 amide bonds. The van der Waals surface area contributed by atoms with Gasteiger partial charge in [-0.2, -0.15) is 4.31 Å². The quantitative estimate of drug-likeness (QED) is 0.385. The van der Waals surface area contributed by atoms with Gasteiger partial charge in [-0.15, -0.1) is 0 Å². The van der Waals surface area contributed by atoms with Gasteiger partial charge in [0.1, 0.15) is 5.82 Å². The van der Waals surface area contributed by atoms with E-state index >= 15 is 0 Å². The van der Waals surface area contributed by atoms with Gasteiger partial charge in [0.25, 0.3) is 5.69 Å². The van der Waals surface area contributed by atoms with Gasteiger partial charge in [-0.25, -0.2) is 18.2 Å². The fourth-order valence-corrected chi connectivity index (χ4v) is 4.63. The van der Waals surface area contributed by atoms with Crippen LogP contribution >= 0.6 is 0 Å². The molecule has 30 heavy (non-hydrogen) atoms. The Hall–Kier alpha value is -3.05. The van der Waals surface area contributed by atoms with Crippen LogP contribution in [0.5, 0.6) is 0 Å². The zero-order valence-electron chi connectivity index (χ0n) is 16.4. The summed E-state index contributed by atoms with van der Waals surface area (Å²) in [5, 5.41) is 10.8. The second-order valence-electron chi connectivity index (χ2n) is 6.62. The Morgan fingerprint density at radius 2 is 1.87 bits per heavy atom. The van der Waals surface area contributed by atoms with Crippen molar-refractivity contribution in [1.82, 2.24) is 9.29 Å².